The Labute approximate surface area is 290 Å². The Kier molecular flexibility index (Phi) is 32.7. The van der Waals surface area contributed by atoms with Crippen molar-refractivity contribution in [3.63, 3.8) is 0 Å². The predicted octanol–water partition coefficient (Wildman–Crippen LogP) is 7.43. The molecule has 0 aromatic rings. The first-order chi connectivity index (χ1) is 22.9. The molecule has 9 nitrogen and oxygen atoms in total. The number of hydrogen-bond acceptors (Lipinski definition) is 5. The van der Waals surface area contributed by atoms with Crippen LogP contribution in [0.15, 0.2) is 4.99 Å². The maximum Gasteiger partial charge on any atom is 0.245 e. The molecule has 9 heteroatoms. The third kappa shape index (κ3) is 28.8. The Morgan fingerprint density at radius 3 is 1.43 bits per heavy atom. The molecule has 2 amide bonds. The topological polar surface area (TPSA) is 166 Å². The molecule has 2 atom stereocenters. The summed E-state index contributed by atoms with van der Waals surface area (Å²) >= 11 is 0. The van der Waals surface area contributed by atoms with Crippen molar-refractivity contribution < 1.29 is 9.59 Å². The van der Waals surface area contributed by atoms with E-state index in [-0.39, 0.29) is 17.8 Å². The molecule has 0 aliphatic carbocycles. The Morgan fingerprint density at radius 2 is 1.02 bits per heavy atom. The maximum absolute atomic E-state index is 13.9. The van der Waals surface area contributed by atoms with E-state index in [0.717, 1.165) is 51.6 Å². The third-order valence-corrected chi connectivity index (χ3v) is 9.24. The van der Waals surface area contributed by atoms with Crippen LogP contribution < -0.4 is 28.3 Å². The van der Waals surface area contributed by atoms with Gasteiger partial charge in [-0.2, -0.15) is 0 Å². The first-order valence-electron chi connectivity index (χ1n) is 20.0. The second kappa shape index (κ2) is 34.0. The lowest BCUT2D eigenvalue weighted by Gasteiger charge is -2.29. The Hall–Kier alpha value is -1.87. The molecular formula is C38H79N7O2. The Bertz CT molecular complexity index is 746. The summed E-state index contributed by atoms with van der Waals surface area (Å²) in [6.45, 7) is 7.03. The van der Waals surface area contributed by atoms with Gasteiger partial charge in [-0.05, 0) is 51.5 Å². The monoisotopic (exact) mass is 666 g/mol. The molecule has 0 spiro atoms. The molecule has 0 aromatic carbocycles. The van der Waals surface area contributed by atoms with Gasteiger partial charge in [0.2, 0.25) is 11.8 Å². The quantitative estimate of drug-likeness (QED) is 0.0268. The molecule has 9 N–H and O–H groups in total. The van der Waals surface area contributed by atoms with E-state index in [2.05, 4.69) is 24.2 Å². The van der Waals surface area contributed by atoms with Crippen LogP contribution in [0.1, 0.15) is 187 Å². The summed E-state index contributed by atoms with van der Waals surface area (Å²) in [7, 11) is 0. The normalized spacial score (nSPS) is 12.5. The molecule has 0 aromatic heterocycles. The van der Waals surface area contributed by atoms with Crippen molar-refractivity contribution in [1.29, 1.82) is 0 Å². The minimum atomic E-state index is -0.708. The summed E-state index contributed by atoms with van der Waals surface area (Å²) in [6, 6.07) is -1.28. The lowest BCUT2D eigenvalue weighted by molar-refractivity contribution is -0.137. The third-order valence-electron chi connectivity index (χ3n) is 9.24. The highest BCUT2D eigenvalue weighted by atomic mass is 16.2. The fourth-order valence-corrected chi connectivity index (χ4v) is 6.17. The first kappa shape index (κ1) is 45.1. The molecule has 0 saturated carbocycles. The molecule has 0 aliphatic rings. The van der Waals surface area contributed by atoms with E-state index in [1.54, 1.807) is 0 Å². The number of nitrogens with one attached hydrogen (secondary N) is 1. The van der Waals surface area contributed by atoms with Crippen molar-refractivity contribution in [2.45, 2.75) is 199 Å². The van der Waals surface area contributed by atoms with Crippen LogP contribution in [0.2, 0.25) is 0 Å². The number of hydrogen-bond donors (Lipinski definition) is 5. The minimum absolute atomic E-state index is 0.0297. The van der Waals surface area contributed by atoms with Crippen molar-refractivity contribution in [1.82, 2.24) is 10.2 Å². The van der Waals surface area contributed by atoms with Crippen LogP contribution in [-0.4, -0.2) is 60.9 Å². The lowest BCUT2D eigenvalue weighted by atomic mass is 10.0. The van der Waals surface area contributed by atoms with Crippen LogP contribution in [0.25, 0.3) is 0 Å². The van der Waals surface area contributed by atoms with Gasteiger partial charge in [-0.1, -0.05) is 142 Å². The van der Waals surface area contributed by atoms with Crippen molar-refractivity contribution >= 4 is 17.8 Å². The average molecular weight is 666 g/mol. The number of unbranched alkanes of at least 4 members (excludes halogenated alkanes) is 21. The molecule has 0 saturated heterocycles. The molecule has 1 unspecified atom stereocenters. The summed E-state index contributed by atoms with van der Waals surface area (Å²) in [5.74, 6) is -0.226. The molecule has 0 fully saturated rings. The van der Waals surface area contributed by atoms with Gasteiger partial charge in [0.1, 0.15) is 6.04 Å². The second-order valence-electron chi connectivity index (χ2n) is 13.8. The number of nitrogens with two attached hydrogens (primary N) is 4. The second-order valence-corrected chi connectivity index (χ2v) is 13.8. The van der Waals surface area contributed by atoms with Crippen LogP contribution in [-0.2, 0) is 9.59 Å². The van der Waals surface area contributed by atoms with Crippen LogP contribution in [0, 0.1) is 0 Å². The molecule has 0 heterocycles. The minimum Gasteiger partial charge on any atom is -0.370 e. The van der Waals surface area contributed by atoms with E-state index in [0.29, 0.717) is 32.4 Å². The Morgan fingerprint density at radius 1 is 0.596 bits per heavy atom. The summed E-state index contributed by atoms with van der Waals surface area (Å²) in [5.41, 5.74) is 22.8. The zero-order chi connectivity index (χ0) is 34.8. The lowest BCUT2D eigenvalue weighted by Crippen LogP contribution is -2.53. The zero-order valence-corrected chi connectivity index (χ0v) is 31.1. The number of rotatable bonds is 35. The molecular weight excluding hydrogens is 586 g/mol. The van der Waals surface area contributed by atoms with Crippen molar-refractivity contribution in [2.75, 3.05) is 26.2 Å². The smallest absolute Gasteiger partial charge is 0.245 e. The van der Waals surface area contributed by atoms with E-state index in [1.807, 2.05) is 4.90 Å². The van der Waals surface area contributed by atoms with Gasteiger partial charge in [-0.25, -0.2) is 0 Å². The van der Waals surface area contributed by atoms with Gasteiger partial charge >= 0.3 is 0 Å². The first-order valence-corrected chi connectivity index (χ1v) is 20.0. The van der Waals surface area contributed by atoms with E-state index in [9.17, 15) is 9.59 Å². The van der Waals surface area contributed by atoms with Gasteiger partial charge < -0.3 is 33.2 Å². The fraction of sp³-hybridized carbons (Fsp3) is 0.921. The molecule has 278 valence electrons. The average Bonchev–Trinajstić information content (AvgIpc) is 3.06. The highest BCUT2D eigenvalue weighted by Gasteiger charge is 2.27. The van der Waals surface area contributed by atoms with E-state index < -0.39 is 12.1 Å². The number of carbonyl (C=O) groups is 2. The highest BCUT2D eigenvalue weighted by molar-refractivity contribution is 5.89. The largest absolute Gasteiger partial charge is 0.370 e. The Balaban J connectivity index is 4.96. The summed E-state index contributed by atoms with van der Waals surface area (Å²) in [5, 5.41) is 3.01. The summed E-state index contributed by atoms with van der Waals surface area (Å²) < 4.78 is 0. The fourth-order valence-electron chi connectivity index (χ4n) is 6.17. The number of amides is 2. The van der Waals surface area contributed by atoms with Gasteiger partial charge in [-0.15, -0.1) is 0 Å². The summed E-state index contributed by atoms with van der Waals surface area (Å²) in [6.07, 6.45) is 31.4. The van der Waals surface area contributed by atoms with E-state index in [1.165, 1.54) is 116 Å². The standard InChI is InChI=1S/C38H79N7O2/c1-3-5-7-9-11-13-15-16-18-20-22-26-33-45(32-25-21-19-17-14-12-10-8-6-4-2)37(47)35(29-23-24-30-39)44-36(46)34(40)28-27-31-43-38(41)42/h34-35H,3-33,39-40H2,1-2H3,(H,44,46)(H4,41,42,43)/t34?,35-/m0/s1. The maximum atomic E-state index is 13.9. The van der Waals surface area contributed by atoms with Crippen molar-refractivity contribution in [3.05, 3.63) is 0 Å². The zero-order valence-electron chi connectivity index (χ0n) is 31.1. The van der Waals surface area contributed by atoms with Crippen LogP contribution in [0.5, 0.6) is 0 Å². The number of aliphatic imine (C=N–C) groups is 1. The number of carbonyl (C=O) groups excluding carboxylic acids is 2. The molecule has 47 heavy (non-hydrogen) atoms. The molecule has 0 rings (SSSR count). The number of guanidine groups is 1. The van der Waals surface area contributed by atoms with Gasteiger partial charge in [0.25, 0.3) is 0 Å². The molecule has 0 aliphatic heterocycles. The van der Waals surface area contributed by atoms with Crippen LogP contribution >= 0.6 is 0 Å². The van der Waals surface area contributed by atoms with E-state index >= 15 is 0 Å². The van der Waals surface area contributed by atoms with Gasteiger partial charge in [0.15, 0.2) is 5.96 Å². The van der Waals surface area contributed by atoms with Crippen LogP contribution in [0.3, 0.4) is 0 Å². The van der Waals surface area contributed by atoms with E-state index in [4.69, 9.17) is 22.9 Å². The highest BCUT2D eigenvalue weighted by Crippen LogP contribution is 2.15. The number of nitrogens with zero attached hydrogens (tertiary/aromatic N) is 2. The van der Waals surface area contributed by atoms with Crippen LogP contribution in [0.4, 0.5) is 0 Å². The molecule has 0 radical (unpaired) electrons. The van der Waals surface area contributed by atoms with Gasteiger partial charge in [-0.3, -0.25) is 14.6 Å². The predicted molar refractivity (Wildman–Crippen MR) is 202 cm³/mol. The van der Waals surface area contributed by atoms with Gasteiger partial charge in [0, 0.05) is 19.6 Å². The van der Waals surface area contributed by atoms with Crippen molar-refractivity contribution in [2.24, 2.45) is 27.9 Å². The van der Waals surface area contributed by atoms with Gasteiger partial charge in [0.05, 0.1) is 6.04 Å². The summed E-state index contributed by atoms with van der Waals surface area (Å²) in [4.78, 5) is 33.0. The SMILES string of the molecule is CCCCCCCCCCCCCCN(CCCCCCCCCCCC)C(=O)[C@H](CCCCN)NC(=O)C(N)CCCN=C(N)N. The molecule has 0 bridgehead atoms. The van der Waals surface area contributed by atoms with Crippen molar-refractivity contribution in [3.8, 4) is 0 Å².